The molecule has 0 aromatic carbocycles. The quantitative estimate of drug-likeness (QED) is 0.180. The number of carbonyl (C=O) groups is 5. The van der Waals surface area contributed by atoms with Crippen molar-refractivity contribution in [2.24, 2.45) is 40.6 Å². The summed E-state index contributed by atoms with van der Waals surface area (Å²) < 4.78 is 12.6. The van der Waals surface area contributed by atoms with Gasteiger partial charge in [0.15, 0.2) is 0 Å². The highest BCUT2D eigenvalue weighted by atomic mass is 16.5. The second kappa shape index (κ2) is 20.1. The second-order valence-electron chi connectivity index (χ2n) is 17.8. The molecule has 14 nitrogen and oxygen atoms in total. The lowest BCUT2D eigenvalue weighted by Gasteiger charge is -2.55. The Morgan fingerprint density at radius 3 is 2.05 bits per heavy atom. The summed E-state index contributed by atoms with van der Waals surface area (Å²) in [6, 6.07) is -4.41. The molecule has 7 atom stereocenters. The van der Waals surface area contributed by atoms with Crippen molar-refractivity contribution in [1.82, 2.24) is 26.2 Å². The van der Waals surface area contributed by atoms with Crippen LogP contribution in [0.3, 0.4) is 0 Å². The number of nitrogens with two attached hydrogens (primary N) is 2. The van der Waals surface area contributed by atoms with Crippen LogP contribution in [0, 0.1) is 29.1 Å². The van der Waals surface area contributed by atoms with Gasteiger partial charge in [0.05, 0.1) is 31.3 Å². The maximum Gasteiger partial charge on any atom is 0.245 e. The SMILES string of the molecule is CCCC1C(=O)NC(C2CCCCCC2)C(=O)NC(CN)C(=O)NC(COC2CC(CN)C2)C(=O)N[C@H](C)CO[C@H](CC2CC3(CCC3)C2)C(C)C(=O)N1C. The number of ether oxygens (including phenoxy) is 2. The van der Waals surface area contributed by atoms with Crippen LogP contribution in [0.25, 0.3) is 0 Å². The molecule has 1 spiro atoms. The van der Waals surface area contributed by atoms with E-state index in [9.17, 15) is 24.0 Å². The Morgan fingerprint density at radius 2 is 1.45 bits per heavy atom. The topological polar surface area (TPSA) is 207 Å². The van der Waals surface area contributed by atoms with Crippen LogP contribution in [0.15, 0.2) is 0 Å². The predicted octanol–water partition coefficient (Wildman–Crippen LogP) is 2.26. The normalized spacial score (nSPS) is 35.1. The molecule has 5 unspecified atom stereocenters. The van der Waals surface area contributed by atoms with Crippen LogP contribution in [0.4, 0.5) is 0 Å². The lowest BCUT2D eigenvalue weighted by Crippen LogP contribution is -2.62. The van der Waals surface area contributed by atoms with Gasteiger partial charge in [0.25, 0.3) is 0 Å². The summed E-state index contributed by atoms with van der Waals surface area (Å²) in [6.45, 7) is 6.11. The van der Waals surface area contributed by atoms with E-state index in [1.165, 1.54) is 24.2 Å². The molecule has 1 saturated heterocycles. The number of hydrogen-bond donors (Lipinski definition) is 6. The molecule has 5 amide bonds. The van der Waals surface area contributed by atoms with E-state index in [2.05, 4.69) is 21.3 Å². The average Bonchev–Trinajstić information content (AvgIpc) is 3.40. The van der Waals surface area contributed by atoms with Crippen LogP contribution < -0.4 is 32.7 Å². The average molecular weight is 774 g/mol. The van der Waals surface area contributed by atoms with Gasteiger partial charge >= 0.3 is 0 Å². The van der Waals surface area contributed by atoms with Gasteiger partial charge in [-0.25, -0.2) is 0 Å². The fourth-order valence-electron chi connectivity index (χ4n) is 9.70. The largest absolute Gasteiger partial charge is 0.376 e. The van der Waals surface area contributed by atoms with Gasteiger partial charge < -0.3 is 47.1 Å². The molecule has 4 saturated carbocycles. The first kappa shape index (κ1) is 43.3. The van der Waals surface area contributed by atoms with Crippen molar-refractivity contribution in [3.8, 4) is 0 Å². The second-order valence-corrected chi connectivity index (χ2v) is 17.8. The summed E-state index contributed by atoms with van der Waals surface area (Å²) in [7, 11) is 1.67. The first-order chi connectivity index (χ1) is 26.4. The van der Waals surface area contributed by atoms with Gasteiger partial charge in [-0.3, -0.25) is 24.0 Å². The number of carbonyl (C=O) groups excluding carboxylic acids is 5. The Labute approximate surface area is 328 Å². The molecule has 14 heteroatoms. The smallest absolute Gasteiger partial charge is 0.245 e. The fourth-order valence-corrected chi connectivity index (χ4v) is 9.70. The summed E-state index contributed by atoms with van der Waals surface area (Å²) in [4.78, 5) is 71.9. The number of nitrogens with one attached hydrogen (secondary N) is 4. The van der Waals surface area contributed by atoms with Crippen LogP contribution >= 0.6 is 0 Å². The Morgan fingerprint density at radius 1 is 0.800 bits per heavy atom. The van der Waals surface area contributed by atoms with Gasteiger partial charge in [0.2, 0.25) is 29.5 Å². The van der Waals surface area contributed by atoms with Crippen LogP contribution in [-0.4, -0.2) is 110 Å². The summed E-state index contributed by atoms with van der Waals surface area (Å²) in [6.07, 6.45) is 14.4. The number of likely N-dealkylation sites (N-methyl/N-ethyl adjacent to an activating group) is 1. The predicted molar refractivity (Wildman–Crippen MR) is 209 cm³/mol. The van der Waals surface area contributed by atoms with Crippen LogP contribution in [0.1, 0.15) is 124 Å². The maximum atomic E-state index is 14.3. The van der Waals surface area contributed by atoms with Crippen molar-refractivity contribution < 1.29 is 33.4 Å². The van der Waals surface area contributed by atoms with Crippen molar-refractivity contribution in [1.29, 1.82) is 0 Å². The van der Waals surface area contributed by atoms with Crippen LogP contribution in [0.5, 0.6) is 0 Å². The molecule has 5 aliphatic rings. The van der Waals surface area contributed by atoms with E-state index in [4.69, 9.17) is 20.9 Å². The van der Waals surface area contributed by atoms with Gasteiger partial charge in [0, 0.05) is 19.6 Å². The molecule has 0 bridgehead atoms. The highest BCUT2D eigenvalue weighted by molar-refractivity contribution is 5.96. The number of hydrogen-bond acceptors (Lipinski definition) is 9. The van der Waals surface area contributed by atoms with Gasteiger partial charge in [0.1, 0.15) is 24.2 Å². The standard InChI is InChI=1S/C41H71N7O7/c1-5-11-33-38(51)47-35(29-12-8-6-7-9-13-29)39(52)45-31(22-43)36(49)46-32(24-54-30-16-27(17-30)21-42)37(50)44-25(2)23-55-34(26(3)40(53)48(33)4)18-28-19-41(20-28)14-10-15-41/h25-35H,5-24,42-43H2,1-4H3,(H,44,50)(H,45,52)(H,46,49)(H,47,51)/t25-,26?,27?,30?,31?,32?,33?,34-,35?/m1/s1. The van der Waals surface area contributed by atoms with Crippen molar-refractivity contribution >= 4 is 29.5 Å². The zero-order valence-corrected chi connectivity index (χ0v) is 34.0. The lowest BCUT2D eigenvalue weighted by atomic mass is 9.51. The minimum absolute atomic E-state index is 0.0648. The van der Waals surface area contributed by atoms with Gasteiger partial charge in [-0.1, -0.05) is 52.4 Å². The summed E-state index contributed by atoms with van der Waals surface area (Å²) in [5.41, 5.74) is 12.4. The third-order valence-corrected chi connectivity index (χ3v) is 13.5. The molecule has 0 aromatic rings. The number of rotatable bonds is 10. The molecule has 55 heavy (non-hydrogen) atoms. The highest BCUT2D eigenvalue weighted by Gasteiger charge is 2.49. The molecule has 1 aliphatic heterocycles. The van der Waals surface area contributed by atoms with E-state index in [0.29, 0.717) is 36.6 Å². The first-order valence-electron chi connectivity index (χ1n) is 21.5. The molecule has 4 aliphatic carbocycles. The van der Waals surface area contributed by atoms with Crippen molar-refractivity contribution in [2.45, 2.75) is 166 Å². The Balaban J connectivity index is 1.42. The maximum absolute atomic E-state index is 14.3. The summed E-state index contributed by atoms with van der Waals surface area (Å²) >= 11 is 0. The molecule has 5 fully saturated rings. The fraction of sp³-hybridized carbons (Fsp3) is 0.878. The van der Waals surface area contributed by atoms with Gasteiger partial charge in [-0.05, 0) is 101 Å². The van der Waals surface area contributed by atoms with E-state index in [1.54, 1.807) is 7.05 Å². The van der Waals surface area contributed by atoms with E-state index >= 15 is 0 Å². The van der Waals surface area contributed by atoms with Crippen LogP contribution in [0.2, 0.25) is 0 Å². The Kier molecular flexibility index (Phi) is 15.8. The van der Waals surface area contributed by atoms with E-state index in [0.717, 1.165) is 70.6 Å². The zero-order valence-electron chi connectivity index (χ0n) is 34.0. The van der Waals surface area contributed by atoms with Crippen molar-refractivity contribution in [2.75, 3.05) is 33.4 Å². The molecule has 1 heterocycles. The Bertz CT molecular complexity index is 1310. The Hall–Kier alpha value is -2.81. The first-order valence-corrected chi connectivity index (χ1v) is 21.5. The zero-order chi connectivity index (χ0) is 39.7. The minimum atomic E-state index is -1.16. The van der Waals surface area contributed by atoms with Gasteiger partial charge in [-0.15, -0.1) is 0 Å². The molecule has 5 rings (SSSR count). The van der Waals surface area contributed by atoms with Gasteiger partial charge in [-0.2, -0.15) is 0 Å². The molecular formula is C41H71N7O7. The molecule has 0 radical (unpaired) electrons. The van der Waals surface area contributed by atoms with Crippen molar-refractivity contribution in [3.05, 3.63) is 0 Å². The number of amides is 5. The van der Waals surface area contributed by atoms with Crippen molar-refractivity contribution in [3.63, 3.8) is 0 Å². The third kappa shape index (κ3) is 11.2. The lowest BCUT2D eigenvalue weighted by molar-refractivity contribution is -0.148. The van der Waals surface area contributed by atoms with Crippen LogP contribution in [-0.2, 0) is 33.4 Å². The molecule has 312 valence electrons. The highest BCUT2D eigenvalue weighted by Crippen LogP contribution is 2.60. The molecule has 0 aromatic heterocycles. The summed E-state index contributed by atoms with van der Waals surface area (Å²) in [5, 5.41) is 11.7. The van der Waals surface area contributed by atoms with E-state index < -0.39 is 65.9 Å². The van der Waals surface area contributed by atoms with E-state index in [-0.39, 0.29) is 37.7 Å². The minimum Gasteiger partial charge on any atom is -0.376 e. The third-order valence-electron chi connectivity index (χ3n) is 13.5. The number of nitrogens with zero attached hydrogens (tertiary/aromatic N) is 1. The molecule has 8 N–H and O–H groups in total. The van der Waals surface area contributed by atoms with E-state index in [1.807, 2.05) is 20.8 Å². The molecular weight excluding hydrogens is 702 g/mol. The summed E-state index contributed by atoms with van der Waals surface area (Å²) in [5.74, 6) is -2.04. The monoisotopic (exact) mass is 774 g/mol.